The number of aliphatic hydroxyl groups is 1. The topological polar surface area (TPSA) is 139 Å². The first-order chi connectivity index (χ1) is 15.4. The number of rotatable bonds is 11. The van der Waals surface area contributed by atoms with Crippen LogP contribution in [0.1, 0.15) is 19.4 Å². The molecule has 11 heteroatoms. The lowest BCUT2D eigenvalue weighted by atomic mass is 9.98. The Morgan fingerprint density at radius 1 is 1.06 bits per heavy atom. The van der Waals surface area contributed by atoms with E-state index >= 15 is 0 Å². The third-order valence-corrected chi connectivity index (χ3v) is 4.53. The summed E-state index contributed by atoms with van der Waals surface area (Å²) in [6.07, 6.45) is -4.04. The van der Waals surface area contributed by atoms with E-state index in [1.165, 1.54) is 19.9 Å². The minimum atomic E-state index is -1.19. The van der Waals surface area contributed by atoms with Crippen LogP contribution in [0.25, 0.3) is 0 Å². The smallest absolute Gasteiger partial charge is 0.303 e. The summed E-state index contributed by atoms with van der Waals surface area (Å²) in [5.74, 6) is -0.630. The number of aliphatic imine (C=N–C) groups is 1. The summed E-state index contributed by atoms with van der Waals surface area (Å²) in [5, 5.41) is 9.88. The molecule has 1 aliphatic heterocycles. The number of methoxy groups -OCH3 is 1. The number of nitrogens with zero attached hydrogens (tertiary/aromatic N) is 1. The van der Waals surface area contributed by atoms with Crippen LogP contribution < -0.4 is 4.74 Å². The summed E-state index contributed by atoms with van der Waals surface area (Å²) in [6.45, 7) is 1.94. The molecule has 176 valence electrons. The van der Waals surface area contributed by atoms with Crippen LogP contribution in [0.4, 0.5) is 0 Å². The van der Waals surface area contributed by atoms with Gasteiger partial charge in [0.05, 0.1) is 33.5 Å². The molecule has 5 atom stereocenters. The average molecular weight is 453 g/mol. The van der Waals surface area contributed by atoms with Gasteiger partial charge in [-0.3, -0.25) is 9.59 Å². The summed E-state index contributed by atoms with van der Waals surface area (Å²) >= 11 is 0. The van der Waals surface area contributed by atoms with Gasteiger partial charge in [0.2, 0.25) is 6.08 Å². The van der Waals surface area contributed by atoms with Crippen molar-refractivity contribution in [2.24, 2.45) is 4.99 Å². The van der Waals surface area contributed by atoms with Crippen molar-refractivity contribution in [2.75, 3.05) is 26.9 Å². The fraction of sp³-hybridized carbons (Fsp3) is 0.571. The summed E-state index contributed by atoms with van der Waals surface area (Å²) in [5.41, 5.74) is 0.790. The Morgan fingerprint density at radius 3 is 2.28 bits per heavy atom. The molecule has 1 aromatic rings. The second-order valence-corrected chi connectivity index (χ2v) is 6.84. The van der Waals surface area contributed by atoms with Gasteiger partial charge in [-0.2, -0.15) is 0 Å². The van der Waals surface area contributed by atoms with Gasteiger partial charge in [-0.1, -0.05) is 12.1 Å². The van der Waals surface area contributed by atoms with E-state index in [4.69, 9.17) is 28.4 Å². The lowest BCUT2D eigenvalue weighted by Crippen LogP contribution is -2.62. The van der Waals surface area contributed by atoms with E-state index < -0.39 is 49.3 Å². The lowest BCUT2D eigenvalue weighted by Gasteiger charge is -2.44. The molecular weight excluding hydrogens is 426 g/mol. The first-order valence-electron chi connectivity index (χ1n) is 9.90. The number of ether oxygens (including phenoxy) is 6. The summed E-state index contributed by atoms with van der Waals surface area (Å²) in [7, 11) is 1.55. The average Bonchev–Trinajstić information content (AvgIpc) is 2.77. The molecule has 0 aliphatic carbocycles. The zero-order valence-corrected chi connectivity index (χ0v) is 18.1. The Kier molecular flexibility index (Phi) is 10.3. The molecule has 0 spiro atoms. The summed E-state index contributed by atoms with van der Waals surface area (Å²) in [6, 6.07) is 7.10. The van der Waals surface area contributed by atoms with Gasteiger partial charge in [0, 0.05) is 13.8 Å². The Bertz CT molecular complexity index is 792. The first kappa shape index (κ1) is 25.4. The van der Waals surface area contributed by atoms with Crippen molar-refractivity contribution >= 4 is 18.0 Å². The Morgan fingerprint density at radius 2 is 1.72 bits per heavy atom. The van der Waals surface area contributed by atoms with Gasteiger partial charge in [0.15, 0.2) is 18.5 Å². The van der Waals surface area contributed by atoms with Crippen molar-refractivity contribution in [1.82, 2.24) is 0 Å². The predicted octanol–water partition coefficient (Wildman–Crippen LogP) is 0.513. The first-order valence-corrected chi connectivity index (χ1v) is 9.90. The molecule has 1 fully saturated rings. The fourth-order valence-electron chi connectivity index (χ4n) is 3.18. The van der Waals surface area contributed by atoms with Crippen molar-refractivity contribution in [1.29, 1.82) is 0 Å². The van der Waals surface area contributed by atoms with Crippen molar-refractivity contribution in [3.63, 3.8) is 0 Å². The molecule has 0 radical (unpaired) electrons. The number of carbonyl (C=O) groups excluding carboxylic acids is 3. The van der Waals surface area contributed by atoms with Crippen molar-refractivity contribution in [2.45, 2.75) is 51.2 Å². The number of benzene rings is 1. The number of esters is 2. The normalized spacial score (nSPS) is 24.8. The minimum absolute atomic E-state index is 0.00439. The van der Waals surface area contributed by atoms with Gasteiger partial charge >= 0.3 is 11.9 Å². The van der Waals surface area contributed by atoms with Gasteiger partial charge in [0.25, 0.3) is 0 Å². The molecule has 0 aromatic heterocycles. The molecule has 1 aliphatic rings. The van der Waals surface area contributed by atoms with E-state index in [9.17, 15) is 19.5 Å². The summed E-state index contributed by atoms with van der Waals surface area (Å²) in [4.78, 5) is 37.1. The van der Waals surface area contributed by atoms with Gasteiger partial charge in [-0.15, -0.1) is 0 Å². The standard InChI is InChI=1S/C21H27NO10/c1-13(25)30-19-18(29-11-15-4-6-16(27-3)7-5-15)17(10-23)32-21(20(19)31-14(2)26)28-9-8-22-12-24/h4-7,17-21,23H,8-11H2,1-3H3/t17-,18-,19+,20-,21-/m1/s1. The number of aliphatic hydroxyl groups excluding tert-OH is 1. The van der Waals surface area contributed by atoms with Crippen LogP contribution in [-0.4, -0.2) is 80.7 Å². The van der Waals surface area contributed by atoms with Crippen molar-refractivity contribution < 1.29 is 47.9 Å². The van der Waals surface area contributed by atoms with Gasteiger partial charge in [-0.25, -0.2) is 9.79 Å². The number of hydrogen-bond acceptors (Lipinski definition) is 11. The molecule has 0 amide bonds. The van der Waals surface area contributed by atoms with Crippen LogP contribution >= 0.6 is 0 Å². The van der Waals surface area contributed by atoms with Crippen molar-refractivity contribution in [3.8, 4) is 5.75 Å². The second kappa shape index (κ2) is 12.9. The molecule has 0 bridgehead atoms. The van der Waals surface area contributed by atoms with Crippen LogP contribution in [0.5, 0.6) is 5.75 Å². The van der Waals surface area contributed by atoms with E-state index in [1.54, 1.807) is 31.4 Å². The predicted molar refractivity (Wildman–Crippen MR) is 107 cm³/mol. The molecule has 1 aromatic carbocycles. The molecule has 0 unspecified atom stereocenters. The minimum Gasteiger partial charge on any atom is -0.497 e. The van der Waals surface area contributed by atoms with E-state index in [-0.39, 0.29) is 19.8 Å². The van der Waals surface area contributed by atoms with Crippen LogP contribution in [-0.2, 0) is 44.7 Å². The Balaban J connectivity index is 2.24. The highest BCUT2D eigenvalue weighted by molar-refractivity contribution is 5.67. The maximum Gasteiger partial charge on any atom is 0.303 e. The quantitative estimate of drug-likeness (QED) is 0.218. The lowest BCUT2D eigenvalue weighted by molar-refractivity contribution is -0.312. The largest absolute Gasteiger partial charge is 0.497 e. The highest BCUT2D eigenvalue weighted by Gasteiger charge is 2.51. The number of isocyanates is 1. The van der Waals surface area contributed by atoms with Gasteiger partial charge < -0.3 is 33.5 Å². The van der Waals surface area contributed by atoms with E-state index in [2.05, 4.69) is 4.99 Å². The molecule has 11 nitrogen and oxygen atoms in total. The number of carbonyl (C=O) groups is 2. The Hall–Kier alpha value is -2.82. The third-order valence-electron chi connectivity index (χ3n) is 4.53. The second-order valence-electron chi connectivity index (χ2n) is 6.84. The zero-order chi connectivity index (χ0) is 23.5. The zero-order valence-electron chi connectivity index (χ0n) is 18.1. The maximum atomic E-state index is 11.8. The monoisotopic (exact) mass is 453 g/mol. The van der Waals surface area contributed by atoms with Crippen LogP contribution in [0, 0.1) is 0 Å². The molecule has 1 saturated heterocycles. The molecule has 1 heterocycles. The highest BCUT2D eigenvalue weighted by Crippen LogP contribution is 2.30. The van der Waals surface area contributed by atoms with Crippen molar-refractivity contribution in [3.05, 3.63) is 29.8 Å². The van der Waals surface area contributed by atoms with Gasteiger partial charge in [0.1, 0.15) is 18.0 Å². The van der Waals surface area contributed by atoms with Crippen LogP contribution in [0.2, 0.25) is 0 Å². The Labute approximate surface area is 185 Å². The van der Waals surface area contributed by atoms with E-state index in [0.717, 1.165) is 5.56 Å². The third kappa shape index (κ3) is 7.40. The molecular formula is C21H27NO10. The molecule has 32 heavy (non-hydrogen) atoms. The maximum absolute atomic E-state index is 11.8. The van der Waals surface area contributed by atoms with Crippen LogP contribution in [0.3, 0.4) is 0 Å². The molecule has 2 rings (SSSR count). The fourth-order valence-corrected chi connectivity index (χ4v) is 3.18. The van der Waals surface area contributed by atoms with E-state index in [0.29, 0.717) is 5.75 Å². The molecule has 1 N–H and O–H groups in total. The number of hydrogen-bond donors (Lipinski definition) is 1. The van der Waals surface area contributed by atoms with Crippen LogP contribution in [0.15, 0.2) is 29.3 Å². The van der Waals surface area contributed by atoms with Gasteiger partial charge in [-0.05, 0) is 17.7 Å². The molecule has 0 saturated carbocycles. The summed E-state index contributed by atoms with van der Waals surface area (Å²) < 4.78 is 33.1. The highest BCUT2D eigenvalue weighted by atomic mass is 16.7. The SMILES string of the molecule is COc1ccc(CO[C@H]2[C@H](OC(C)=O)[C@@H](OC(C)=O)[C@H](OCCN=C=O)O[C@@H]2CO)cc1. The van der Waals surface area contributed by atoms with E-state index in [1.807, 2.05) is 0 Å².